The topological polar surface area (TPSA) is 32.3 Å². The van der Waals surface area contributed by atoms with Gasteiger partial charge in [0.2, 0.25) is 0 Å². The zero-order valence-corrected chi connectivity index (χ0v) is 8.14. The van der Waals surface area contributed by atoms with Crippen molar-refractivity contribution in [3.05, 3.63) is 29.6 Å². The Morgan fingerprint density at radius 2 is 2.14 bits per heavy atom. The number of halogens is 2. The molecule has 0 aromatic heterocycles. The number of aromatic hydroxyl groups is 1. The third-order valence-corrected chi connectivity index (χ3v) is 2.02. The highest BCUT2D eigenvalue weighted by Gasteiger charge is 2.28. The number of hydrogen-bond acceptors (Lipinski definition) is 2. The van der Waals surface area contributed by atoms with Gasteiger partial charge >= 0.3 is 0 Å². The minimum absolute atomic E-state index is 0.0225. The molecule has 0 saturated heterocycles. The number of likely N-dealkylation sites (N-methyl/N-ethyl adjacent to an activating group) is 1. The van der Waals surface area contributed by atoms with Gasteiger partial charge in [0.15, 0.2) is 0 Å². The monoisotopic (exact) mass is 201 g/mol. The number of phenolic OH excluding ortho intramolecular Hbond substituents is 1. The van der Waals surface area contributed by atoms with E-state index in [1.165, 1.54) is 19.1 Å². The van der Waals surface area contributed by atoms with Crippen LogP contribution < -0.4 is 5.32 Å². The molecule has 4 heteroatoms. The Morgan fingerprint density at radius 3 is 2.64 bits per heavy atom. The molecule has 78 valence electrons. The number of hydrogen-bond donors (Lipinski definition) is 2. The van der Waals surface area contributed by atoms with Crippen molar-refractivity contribution in [2.45, 2.75) is 12.6 Å². The maximum atomic E-state index is 13.8. The molecule has 0 aliphatic rings. The van der Waals surface area contributed by atoms with Crippen LogP contribution in [0.5, 0.6) is 5.75 Å². The summed E-state index contributed by atoms with van der Waals surface area (Å²) in [4.78, 5) is 0. The minimum atomic E-state index is -1.77. The molecule has 0 bridgehead atoms. The van der Waals surface area contributed by atoms with Gasteiger partial charge in [-0.1, -0.05) is 0 Å². The van der Waals surface area contributed by atoms with Crippen LogP contribution in [-0.4, -0.2) is 18.7 Å². The number of phenols is 1. The first-order valence-corrected chi connectivity index (χ1v) is 4.30. The van der Waals surface area contributed by atoms with Gasteiger partial charge in [0.1, 0.15) is 17.2 Å². The predicted molar refractivity (Wildman–Crippen MR) is 50.5 cm³/mol. The van der Waals surface area contributed by atoms with Crippen molar-refractivity contribution in [2.24, 2.45) is 0 Å². The first kappa shape index (κ1) is 10.9. The van der Waals surface area contributed by atoms with E-state index in [9.17, 15) is 8.78 Å². The molecule has 1 aromatic carbocycles. The van der Waals surface area contributed by atoms with Crippen LogP contribution in [0.15, 0.2) is 18.2 Å². The number of nitrogens with one attached hydrogen (secondary N) is 1. The molecule has 1 unspecified atom stereocenters. The second kappa shape index (κ2) is 3.92. The summed E-state index contributed by atoms with van der Waals surface area (Å²) < 4.78 is 27.1. The highest BCUT2D eigenvalue weighted by Crippen LogP contribution is 2.28. The van der Waals surface area contributed by atoms with Gasteiger partial charge in [-0.05, 0) is 26.1 Å². The summed E-state index contributed by atoms with van der Waals surface area (Å²) in [5, 5.41) is 11.6. The zero-order chi connectivity index (χ0) is 10.8. The van der Waals surface area contributed by atoms with Crippen LogP contribution in [0.2, 0.25) is 0 Å². The SMILES string of the molecule is CNCC(C)(F)c1ccc(O)cc1F. The van der Waals surface area contributed by atoms with E-state index in [1.807, 2.05) is 0 Å². The van der Waals surface area contributed by atoms with Gasteiger partial charge in [0, 0.05) is 18.2 Å². The van der Waals surface area contributed by atoms with Gasteiger partial charge in [-0.3, -0.25) is 0 Å². The average Bonchev–Trinajstić information content (AvgIpc) is 2.02. The van der Waals surface area contributed by atoms with Gasteiger partial charge in [0.25, 0.3) is 0 Å². The summed E-state index contributed by atoms with van der Waals surface area (Å²) in [6, 6.07) is 3.43. The van der Waals surface area contributed by atoms with Crippen molar-refractivity contribution in [2.75, 3.05) is 13.6 Å². The van der Waals surface area contributed by atoms with Crippen LogP contribution >= 0.6 is 0 Å². The van der Waals surface area contributed by atoms with E-state index in [2.05, 4.69) is 5.32 Å². The Labute approximate surface area is 81.6 Å². The largest absolute Gasteiger partial charge is 0.508 e. The van der Waals surface area contributed by atoms with E-state index in [0.29, 0.717) is 0 Å². The van der Waals surface area contributed by atoms with E-state index < -0.39 is 11.5 Å². The Balaban J connectivity index is 3.06. The van der Waals surface area contributed by atoms with Crippen LogP contribution in [0.25, 0.3) is 0 Å². The van der Waals surface area contributed by atoms with Gasteiger partial charge in [-0.15, -0.1) is 0 Å². The molecule has 0 amide bonds. The zero-order valence-electron chi connectivity index (χ0n) is 8.14. The molecule has 1 aromatic rings. The van der Waals surface area contributed by atoms with E-state index in [0.717, 1.165) is 6.07 Å². The molecular weight excluding hydrogens is 188 g/mol. The second-order valence-corrected chi connectivity index (χ2v) is 3.39. The molecule has 2 N–H and O–H groups in total. The summed E-state index contributed by atoms with van der Waals surface area (Å²) in [5.41, 5.74) is -1.82. The third-order valence-electron chi connectivity index (χ3n) is 2.02. The summed E-state index contributed by atoms with van der Waals surface area (Å²) >= 11 is 0. The smallest absolute Gasteiger partial charge is 0.148 e. The molecule has 1 atom stereocenters. The summed E-state index contributed by atoms with van der Waals surface area (Å²) in [6.45, 7) is 1.31. The Bertz CT molecular complexity index is 326. The lowest BCUT2D eigenvalue weighted by Crippen LogP contribution is -2.30. The highest BCUT2D eigenvalue weighted by atomic mass is 19.1. The molecule has 0 radical (unpaired) electrons. The molecular formula is C10H13F2NO. The van der Waals surface area contributed by atoms with E-state index in [1.54, 1.807) is 7.05 Å². The van der Waals surface area contributed by atoms with Gasteiger partial charge < -0.3 is 10.4 Å². The molecule has 1 rings (SSSR count). The first-order chi connectivity index (χ1) is 6.47. The van der Waals surface area contributed by atoms with Gasteiger partial charge in [-0.2, -0.15) is 0 Å². The van der Waals surface area contributed by atoms with Crippen molar-refractivity contribution in [1.82, 2.24) is 5.32 Å². The van der Waals surface area contributed by atoms with Gasteiger partial charge in [0.05, 0.1) is 0 Å². The van der Waals surface area contributed by atoms with Crippen LogP contribution in [0.4, 0.5) is 8.78 Å². The lowest BCUT2D eigenvalue weighted by Gasteiger charge is -2.20. The molecule has 0 aliphatic heterocycles. The second-order valence-electron chi connectivity index (χ2n) is 3.39. The molecule has 0 heterocycles. The highest BCUT2D eigenvalue weighted by molar-refractivity contribution is 5.31. The van der Waals surface area contributed by atoms with Crippen LogP contribution in [0, 0.1) is 5.82 Å². The van der Waals surface area contributed by atoms with E-state index >= 15 is 0 Å². The molecule has 2 nitrogen and oxygen atoms in total. The third kappa shape index (κ3) is 2.20. The van der Waals surface area contributed by atoms with E-state index in [4.69, 9.17) is 5.11 Å². The molecule has 0 aliphatic carbocycles. The Kier molecular flexibility index (Phi) is 3.06. The van der Waals surface area contributed by atoms with Crippen LogP contribution in [-0.2, 0) is 5.67 Å². The van der Waals surface area contributed by atoms with Crippen molar-refractivity contribution in [3.8, 4) is 5.75 Å². The number of rotatable bonds is 3. The Hall–Kier alpha value is -1.16. The summed E-state index contributed by atoms with van der Waals surface area (Å²) in [5.74, 6) is -0.934. The van der Waals surface area contributed by atoms with E-state index in [-0.39, 0.29) is 17.9 Å². The normalized spacial score (nSPS) is 15.1. The molecule has 0 fully saturated rings. The maximum Gasteiger partial charge on any atom is 0.148 e. The Morgan fingerprint density at radius 1 is 1.50 bits per heavy atom. The molecule has 0 saturated carbocycles. The quantitative estimate of drug-likeness (QED) is 0.783. The summed E-state index contributed by atoms with van der Waals surface area (Å²) in [7, 11) is 1.59. The number of benzene rings is 1. The fourth-order valence-corrected chi connectivity index (χ4v) is 1.35. The molecule has 14 heavy (non-hydrogen) atoms. The lowest BCUT2D eigenvalue weighted by molar-refractivity contribution is 0.184. The van der Waals surface area contributed by atoms with Gasteiger partial charge in [-0.25, -0.2) is 8.78 Å². The van der Waals surface area contributed by atoms with Crippen molar-refractivity contribution >= 4 is 0 Å². The standard InChI is InChI=1S/C10H13F2NO/c1-10(12,6-13-2)8-4-3-7(14)5-9(8)11/h3-5,13-14H,6H2,1-2H3. The fraction of sp³-hybridized carbons (Fsp3) is 0.400. The molecule has 0 spiro atoms. The predicted octanol–water partition coefficient (Wildman–Crippen LogP) is 1.94. The first-order valence-electron chi connectivity index (χ1n) is 4.30. The summed E-state index contributed by atoms with van der Waals surface area (Å²) in [6.07, 6.45) is 0. The van der Waals surface area contributed by atoms with Crippen molar-refractivity contribution in [1.29, 1.82) is 0 Å². The van der Waals surface area contributed by atoms with Crippen LogP contribution in [0.3, 0.4) is 0 Å². The van der Waals surface area contributed by atoms with Crippen molar-refractivity contribution < 1.29 is 13.9 Å². The van der Waals surface area contributed by atoms with Crippen LogP contribution in [0.1, 0.15) is 12.5 Å². The van der Waals surface area contributed by atoms with Crippen molar-refractivity contribution in [3.63, 3.8) is 0 Å². The minimum Gasteiger partial charge on any atom is -0.508 e. The lowest BCUT2D eigenvalue weighted by atomic mass is 9.97. The average molecular weight is 201 g/mol. The fourth-order valence-electron chi connectivity index (χ4n) is 1.35. The maximum absolute atomic E-state index is 13.8. The number of alkyl halides is 1.